The number of piperidine rings is 1. The number of hydrogen-bond donors (Lipinski definition) is 3. The van der Waals surface area contributed by atoms with E-state index in [1.807, 2.05) is 35.2 Å². The molecule has 1 saturated heterocycles. The fourth-order valence-corrected chi connectivity index (χ4v) is 3.15. The third-order valence-electron chi connectivity index (χ3n) is 4.41. The van der Waals surface area contributed by atoms with Gasteiger partial charge in [0.05, 0.1) is 6.10 Å². The van der Waals surface area contributed by atoms with Crippen LogP contribution in [0.5, 0.6) is 0 Å². The number of rotatable bonds is 3. The SMILES string of the molecule is N/C(=N\C1CC(O)CCN1c1ccc(F)cc1-c1ccccc1)C(=O)O. The fraction of sp³-hybridized carbons (Fsp3) is 0.263. The highest BCUT2D eigenvalue weighted by atomic mass is 19.1. The summed E-state index contributed by atoms with van der Waals surface area (Å²) in [6.07, 6.45) is -0.477. The predicted octanol–water partition coefficient (Wildman–Crippen LogP) is 2.22. The van der Waals surface area contributed by atoms with Crippen molar-refractivity contribution in [2.45, 2.75) is 25.1 Å². The molecule has 2 aromatic rings. The van der Waals surface area contributed by atoms with E-state index in [-0.39, 0.29) is 12.2 Å². The zero-order chi connectivity index (χ0) is 18.7. The van der Waals surface area contributed by atoms with Crippen molar-refractivity contribution < 1.29 is 19.4 Å². The number of nitrogens with two attached hydrogens (primary N) is 1. The highest BCUT2D eigenvalue weighted by molar-refractivity contribution is 6.33. The maximum Gasteiger partial charge on any atom is 0.371 e. The Morgan fingerprint density at radius 3 is 2.65 bits per heavy atom. The summed E-state index contributed by atoms with van der Waals surface area (Å²) in [6, 6.07) is 13.8. The number of halogens is 1. The first-order chi connectivity index (χ1) is 12.5. The van der Waals surface area contributed by atoms with Crippen molar-refractivity contribution in [1.82, 2.24) is 0 Å². The Morgan fingerprint density at radius 2 is 1.96 bits per heavy atom. The molecular formula is C19H20FN3O3. The second kappa shape index (κ2) is 7.53. The lowest BCUT2D eigenvalue weighted by Gasteiger charge is -2.38. The molecule has 4 N–H and O–H groups in total. The standard InChI is InChI=1S/C19H20FN3O3/c20-13-6-7-16(15(10-13)12-4-2-1-3-5-12)23-9-8-14(24)11-17(23)22-18(21)19(25)26/h1-7,10,14,17,24H,8-9,11H2,(H2,21,22)(H,25,26). The van der Waals surface area contributed by atoms with Crippen LogP contribution < -0.4 is 10.6 Å². The van der Waals surface area contributed by atoms with E-state index >= 15 is 0 Å². The molecule has 0 amide bonds. The monoisotopic (exact) mass is 357 g/mol. The van der Waals surface area contributed by atoms with Crippen LogP contribution in [0.15, 0.2) is 53.5 Å². The molecule has 6 nitrogen and oxygen atoms in total. The molecule has 3 rings (SSSR count). The molecule has 136 valence electrons. The van der Waals surface area contributed by atoms with Gasteiger partial charge in [-0.3, -0.25) is 0 Å². The molecule has 0 saturated carbocycles. The Balaban J connectivity index is 2.06. The number of benzene rings is 2. The molecule has 1 aliphatic heterocycles. The third kappa shape index (κ3) is 3.83. The van der Waals surface area contributed by atoms with Crippen molar-refractivity contribution >= 4 is 17.5 Å². The molecule has 0 spiro atoms. The molecule has 26 heavy (non-hydrogen) atoms. The zero-order valence-electron chi connectivity index (χ0n) is 14.0. The van der Waals surface area contributed by atoms with Gasteiger partial charge in [-0.25, -0.2) is 14.2 Å². The molecule has 1 aliphatic rings. The number of nitrogens with zero attached hydrogens (tertiary/aromatic N) is 2. The molecule has 2 unspecified atom stereocenters. The second-order valence-electron chi connectivity index (χ2n) is 6.20. The number of aliphatic carboxylic acids is 1. The lowest BCUT2D eigenvalue weighted by molar-refractivity contribution is -0.129. The number of aliphatic hydroxyl groups is 1. The zero-order valence-corrected chi connectivity index (χ0v) is 14.0. The summed E-state index contributed by atoms with van der Waals surface area (Å²) < 4.78 is 13.9. The van der Waals surface area contributed by atoms with Crippen LogP contribution in [0, 0.1) is 5.82 Å². The van der Waals surface area contributed by atoms with Gasteiger partial charge in [-0.1, -0.05) is 30.3 Å². The van der Waals surface area contributed by atoms with E-state index in [0.29, 0.717) is 18.5 Å². The summed E-state index contributed by atoms with van der Waals surface area (Å²) >= 11 is 0. The van der Waals surface area contributed by atoms with E-state index < -0.39 is 24.1 Å². The largest absolute Gasteiger partial charge is 0.475 e. The highest BCUT2D eigenvalue weighted by Crippen LogP contribution is 2.35. The number of carboxylic acids is 1. The lowest BCUT2D eigenvalue weighted by atomic mass is 9.98. The van der Waals surface area contributed by atoms with Crippen molar-refractivity contribution in [3.63, 3.8) is 0 Å². The summed E-state index contributed by atoms with van der Waals surface area (Å²) in [5.74, 6) is -2.19. The van der Waals surface area contributed by atoms with Crippen LogP contribution in [-0.2, 0) is 4.79 Å². The van der Waals surface area contributed by atoms with Gasteiger partial charge in [0.1, 0.15) is 12.0 Å². The average molecular weight is 357 g/mol. The van der Waals surface area contributed by atoms with Crippen molar-refractivity contribution in [2.24, 2.45) is 10.7 Å². The number of aliphatic imine (C=N–C) groups is 1. The van der Waals surface area contributed by atoms with Crippen LogP contribution in [0.4, 0.5) is 10.1 Å². The van der Waals surface area contributed by atoms with Gasteiger partial charge in [-0.05, 0) is 30.2 Å². The lowest BCUT2D eigenvalue weighted by Crippen LogP contribution is -2.45. The minimum Gasteiger partial charge on any atom is -0.475 e. The summed E-state index contributed by atoms with van der Waals surface area (Å²) in [4.78, 5) is 17.0. The molecule has 2 aromatic carbocycles. The van der Waals surface area contributed by atoms with Gasteiger partial charge < -0.3 is 20.8 Å². The van der Waals surface area contributed by atoms with Crippen LogP contribution in [-0.4, -0.2) is 40.8 Å². The van der Waals surface area contributed by atoms with Gasteiger partial charge in [0.15, 0.2) is 0 Å². The first-order valence-corrected chi connectivity index (χ1v) is 8.32. The number of hydrogen-bond acceptors (Lipinski definition) is 4. The number of carboxylic acid groups (broad SMARTS) is 1. The number of amidine groups is 1. The third-order valence-corrected chi connectivity index (χ3v) is 4.41. The van der Waals surface area contributed by atoms with Crippen LogP contribution >= 0.6 is 0 Å². The van der Waals surface area contributed by atoms with Gasteiger partial charge in [-0.15, -0.1) is 0 Å². The van der Waals surface area contributed by atoms with E-state index in [4.69, 9.17) is 10.8 Å². The first kappa shape index (κ1) is 17.9. The average Bonchev–Trinajstić information content (AvgIpc) is 2.63. The first-order valence-electron chi connectivity index (χ1n) is 8.32. The van der Waals surface area contributed by atoms with E-state index in [9.17, 15) is 14.3 Å². The molecule has 0 bridgehead atoms. The van der Waals surface area contributed by atoms with Crippen molar-refractivity contribution in [3.8, 4) is 11.1 Å². The van der Waals surface area contributed by atoms with E-state index in [2.05, 4.69) is 4.99 Å². The number of carbonyl (C=O) groups is 1. The molecule has 0 radical (unpaired) electrons. The van der Waals surface area contributed by atoms with Gasteiger partial charge in [-0.2, -0.15) is 0 Å². The second-order valence-corrected chi connectivity index (χ2v) is 6.20. The number of anilines is 1. The van der Waals surface area contributed by atoms with Gasteiger partial charge in [0, 0.05) is 24.2 Å². The molecule has 2 atom stereocenters. The summed E-state index contributed by atoms with van der Waals surface area (Å²) in [5.41, 5.74) is 7.72. The molecule has 1 heterocycles. The smallest absolute Gasteiger partial charge is 0.371 e. The van der Waals surface area contributed by atoms with E-state index in [1.165, 1.54) is 12.1 Å². The van der Waals surface area contributed by atoms with Crippen molar-refractivity contribution in [1.29, 1.82) is 0 Å². The quantitative estimate of drug-likeness (QED) is 0.578. The van der Waals surface area contributed by atoms with Crippen LogP contribution in [0.2, 0.25) is 0 Å². The molecule has 0 aliphatic carbocycles. The molecule has 7 heteroatoms. The van der Waals surface area contributed by atoms with Crippen LogP contribution in [0.3, 0.4) is 0 Å². The van der Waals surface area contributed by atoms with Crippen LogP contribution in [0.25, 0.3) is 11.1 Å². The summed E-state index contributed by atoms with van der Waals surface area (Å²) in [5, 5.41) is 19.0. The highest BCUT2D eigenvalue weighted by Gasteiger charge is 2.29. The predicted molar refractivity (Wildman–Crippen MR) is 97.5 cm³/mol. The van der Waals surface area contributed by atoms with Gasteiger partial charge in [0.2, 0.25) is 5.84 Å². The normalized spacial score (nSPS) is 20.8. The molecule has 0 aromatic heterocycles. The Kier molecular flexibility index (Phi) is 5.18. The summed E-state index contributed by atoms with van der Waals surface area (Å²) in [6.45, 7) is 0.452. The fourth-order valence-electron chi connectivity index (χ4n) is 3.15. The van der Waals surface area contributed by atoms with E-state index in [0.717, 1.165) is 11.3 Å². The van der Waals surface area contributed by atoms with Gasteiger partial charge >= 0.3 is 5.97 Å². The van der Waals surface area contributed by atoms with Crippen LogP contribution in [0.1, 0.15) is 12.8 Å². The minimum absolute atomic E-state index is 0.250. The van der Waals surface area contributed by atoms with Crippen molar-refractivity contribution in [3.05, 3.63) is 54.3 Å². The van der Waals surface area contributed by atoms with Gasteiger partial charge in [0.25, 0.3) is 0 Å². The maximum absolute atomic E-state index is 13.9. The van der Waals surface area contributed by atoms with E-state index in [1.54, 1.807) is 6.07 Å². The Hall–Kier alpha value is -2.93. The Bertz CT molecular complexity index is 826. The minimum atomic E-state index is -1.31. The maximum atomic E-state index is 13.9. The Labute approximate surface area is 150 Å². The van der Waals surface area contributed by atoms with Crippen molar-refractivity contribution in [2.75, 3.05) is 11.4 Å². The molecular weight excluding hydrogens is 337 g/mol. The Morgan fingerprint density at radius 1 is 1.23 bits per heavy atom. The molecule has 1 fully saturated rings. The topological polar surface area (TPSA) is 99.2 Å². The summed E-state index contributed by atoms with van der Waals surface area (Å²) in [7, 11) is 0. The number of aliphatic hydroxyl groups excluding tert-OH is 1.